The van der Waals surface area contributed by atoms with E-state index in [1.165, 1.54) is 96.3 Å². The molecule has 8 heteroatoms. The van der Waals surface area contributed by atoms with E-state index in [1.807, 2.05) is 0 Å². The van der Waals surface area contributed by atoms with Crippen LogP contribution in [0.2, 0.25) is 5.02 Å². The SMILES string of the molecule is CCCCCCCCCCCCCCCCCCC[C@H](COP(=O)(O)OC)OCc1cc(Cl)cc(C#N)c1. The number of ether oxygens (including phenoxy) is 1. The molecule has 0 fully saturated rings. The van der Waals surface area contributed by atoms with Crippen molar-refractivity contribution in [3.05, 3.63) is 34.3 Å². The van der Waals surface area contributed by atoms with E-state index in [9.17, 15) is 9.46 Å². The van der Waals surface area contributed by atoms with Crippen LogP contribution >= 0.6 is 19.4 Å². The van der Waals surface area contributed by atoms with Gasteiger partial charge in [-0.3, -0.25) is 9.05 Å². The lowest BCUT2D eigenvalue weighted by atomic mass is 10.0. The molecule has 1 aromatic rings. The predicted molar refractivity (Wildman–Crippen MR) is 156 cm³/mol. The molecular weight excluding hydrogens is 521 g/mol. The highest BCUT2D eigenvalue weighted by Gasteiger charge is 2.22. The quantitative estimate of drug-likeness (QED) is 0.0927. The highest BCUT2D eigenvalue weighted by atomic mass is 35.5. The van der Waals surface area contributed by atoms with Crippen LogP contribution in [-0.4, -0.2) is 24.7 Å². The molecule has 0 aromatic heterocycles. The first kappa shape index (κ1) is 35.1. The van der Waals surface area contributed by atoms with E-state index in [1.54, 1.807) is 18.2 Å². The van der Waals surface area contributed by atoms with Gasteiger partial charge in [0.15, 0.2) is 0 Å². The van der Waals surface area contributed by atoms with Crippen molar-refractivity contribution in [2.75, 3.05) is 13.7 Å². The molecule has 0 heterocycles. The fourth-order valence-electron chi connectivity index (χ4n) is 4.55. The number of unbranched alkanes of at least 4 members (excludes halogenated alkanes) is 16. The Morgan fingerprint density at radius 1 is 0.868 bits per heavy atom. The third-order valence-electron chi connectivity index (χ3n) is 6.86. The highest BCUT2D eigenvalue weighted by Crippen LogP contribution is 2.42. The first-order chi connectivity index (χ1) is 18.4. The third kappa shape index (κ3) is 19.2. The van der Waals surface area contributed by atoms with Crippen molar-refractivity contribution >= 4 is 19.4 Å². The standard InChI is InChI=1S/C30H51ClNO5P/c1-3-4-5-6-7-8-9-10-11-12-13-14-15-16-17-18-19-20-30(26-37-38(33,34)35-2)36-25-28-21-27(24-32)22-29(31)23-28/h21-23,30H,3-20,25-26H2,1-2H3,(H,33,34)/t30-/m1/s1. The second-order valence-corrected chi connectivity index (χ2v) is 12.3. The largest absolute Gasteiger partial charge is 0.472 e. The second-order valence-electron chi connectivity index (χ2n) is 10.3. The van der Waals surface area contributed by atoms with E-state index in [-0.39, 0.29) is 19.3 Å². The summed E-state index contributed by atoms with van der Waals surface area (Å²) in [6, 6.07) is 7.16. The number of hydrogen-bond donors (Lipinski definition) is 1. The first-order valence-electron chi connectivity index (χ1n) is 14.7. The minimum Gasteiger partial charge on any atom is -0.371 e. The van der Waals surface area contributed by atoms with E-state index in [2.05, 4.69) is 17.5 Å². The molecule has 2 atom stereocenters. The number of nitriles is 1. The van der Waals surface area contributed by atoms with E-state index < -0.39 is 7.82 Å². The molecule has 218 valence electrons. The molecule has 0 saturated carbocycles. The molecule has 0 aliphatic rings. The summed E-state index contributed by atoms with van der Waals surface area (Å²) in [6.07, 6.45) is 22.7. The van der Waals surface area contributed by atoms with Crippen molar-refractivity contribution in [3.8, 4) is 6.07 Å². The molecule has 0 radical (unpaired) electrons. The molecule has 0 spiro atoms. The zero-order valence-corrected chi connectivity index (χ0v) is 25.5. The van der Waals surface area contributed by atoms with Gasteiger partial charge in [-0.15, -0.1) is 0 Å². The molecule has 0 amide bonds. The van der Waals surface area contributed by atoms with Crippen LogP contribution in [0.4, 0.5) is 0 Å². The topological polar surface area (TPSA) is 88.8 Å². The number of rotatable bonds is 25. The van der Waals surface area contributed by atoms with Crippen molar-refractivity contribution in [1.82, 2.24) is 0 Å². The van der Waals surface area contributed by atoms with Crippen molar-refractivity contribution in [1.29, 1.82) is 5.26 Å². The van der Waals surface area contributed by atoms with Crippen LogP contribution in [-0.2, 0) is 25.0 Å². The van der Waals surface area contributed by atoms with Crippen molar-refractivity contribution in [2.24, 2.45) is 0 Å². The van der Waals surface area contributed by atoms with Gasteiger partial charge < -0.3 is 9.63 Å². The summed E-state index contributed by atoms with van der Waals surface area (Å²) in [7, 11) is -2.92. The Morgan fingerprint density at radius 2 is 1.37 bits per heavy atom. The number of hydrogen-bond acceptors (Lipinski definition) is 5. The van der Waals surface area contributed by atoms with Crippen LogP contribution in [0, 0.1) is 11.3 Å². The van der Waals surface area contributed by atoms with Crippen LogP contribution in [0.25, 0.3) is 0 Å². The Kier molecular flexibility index (Phi) is 21.1. The second kappa shape index (κ2) is 22.8. The summed E-state index contributed by atoms with van der Waals surface area (Å²) < 4.78 is 27.3. The summed E-state index contributed by atoms with van der Waals surface area (Å²) in [4.78, 5) is 9.58. The zero-order valence-electron chi connectivity index (χ0n) is 23.8. The van der Waals surface area contributed by atoms with Crippen molar-refractivity contribution < 1.29 is 23.2 Å². The summed E-state index contributed by atoms with van der Waals surface area (Å²) in [6.45, 7) is 2.48. The highest BCUT2D eigenvalue weighted by molar-refractivity contribution is 7.47. The monoisotopic (exact) mass is 571 g/mol. The first-order valence-corrected chi connectivity index (χ1v) is 16.6. The van der Waals surface area contributed by atoms with Gasteiger partial charge in [-0.1, -0.05) is 128 Å². The summed E-state index contributed by atoms with van der Waals surface area (Å²) in [5.41, 5.74) is 1.25. The normalized spacial score (nSPS) is 13.8. The van der Waals surface area contributed by atoms with Gasteiger partial charge in [-0.05, 0) is 30.2 Å². The van der Waals surface area contributed by atoms with Gasteiger partial charge >= 0.3 is 7.82 Å². The molecule has 38 heavy (non-hydrogen) atoms. The smallest absolute Gasteiger partial charge is 0.371 e. The molecule has 1 rings (SSSR count). The van der Waals surface area contributed by atoms with Gasteiger partial charge in [-0.2, -0.15) is 5.26 Å². The Balaban J connectivity index is 2.16. The predicted octanol–water partition coefficient (Wildman–Crippen LogP) is 9.90. The fraction of sp³-hybridized carbons (Fsp3) is 0.767. The molecule has 1 unspecified atom stereocenters. The lowest BCUT2D eigenvalue weighted by molar-refractivity contribution is -0.00509. The number of nitrogens with zero attached hydrogens (tertiary/aromatic N) is 1. The van der Waals surface area contributed by atoms with Crippen LogP contribution in [0.15, 0.2) is 18.2 Å². The zero-order chi connectivity index (χ0) is 27.9. The molecule has 1 N–H and O–H groups in total. The van der Waals surface area contributed by atoms with E-state index in [0.29, 0.717) is 17.0 Å². The average molecular weight is 572 g/mol. The Morgan fingerprint density at radius 3 is 1.84 bits per heavy atom. The van der Waals surface area contributed by atoms with E-state index in [0.717, 1.165) is 25.5 Å². The number of phosphoric acid groups is 1. The van der Waals surface area contributed by atoms with Crippen LogP contribution in [0.3, 0.4) is 0 Å². The lowest BCUT2D eigenvalue weighted by Gasteiger charge is -2.19. The third-order valence-corrected chi connectivity index (χ3v) is 8.01. The molecule has 6 nitrogen and oxygen atoms in total. The maximum Gasteiger partial charge on any atom is 0.472 e. The molecule has 0 saturated heterocycles. The van der Waals surface area contributed by atoms with Gasteiger partial charge in [0.25, 0.3) is 0 Å². The van der Waals surface area contributed by atoms with E-state index >= 15 is 0 Å². The van der Waals surface area contributed by atoms with Gasteiger partial charge in [0.2, 0.25) is 0 Å². The molecular formula is C30H51ClNO5P. The Labute approximate surface area is 237 Å². The van der Waals surface area contributed by atoms with Crippen LogP contribution in [0.5, 0.6) is 0 Å². The van der Waals surface area contributed by atoms with Crippen LogP contribution < -0.4 is 0 Å². The fourth-order valence-corrected chi connectivity index (χ4v) is 5.27. The lowest BCUT2D eigenvalue weighted by Crippen LogP contribution is -2.19. The van der Waals surface area contributed by atoms with Gasteiger partial charge in [0, 0.05) is 12.1 Å². The number of halogens is 1. The maximum absolute atomic E-state index is 11.7. The van der Waals surface area contributed by atoms with Crippen molar-refractivity contribution in [2.45, 2.75) is 135 Å². The Hall–Kier alpha value is -0.930. The maximum atomic E-state index is 11.7. The minimum atomic E-state index is -4.06. The molecule has 0 aliphatic carbocycles. The molecule has 1 aromatic carbocycles. The number of benzene rings is 1. The average Bonchev–Trinajstić information content (AvgIpc) is 2.91. The summed E-state index contributed by atoms with van der Waals surface area (Å²) in [5, 5.41) is 9.61. The Bertz CT molecular complexity index is 816. The number of phosphoric ester groups is 1. The molecule has 0 bridgehead atoms. The van der Waals surface area contributed by atoms with Crippen molar-refractivity contribution in [3.63, 3.8) is 0 Å². The summed E-state index contributed by atoms with van der Waals surface area (Å²) in [5.74, 6) is 0. The van der Waals surface area contributed by atoms with Gasteiger partial charge in [-0.25, -0.2) is 4.57 Å². The molecule has 0 aliphatic heterocycles. The van der Waals surface area contributed by atoms with E-state index in [4.69, 9.17) is 26.1 Å². The minimum absolute atomic E-state index is 0.0356. The summed E-state index contributed by atoms with van der Waals surface area (Å²) >= 11 is 6.08. The van der Waals surface area contributed by atoms with Crippen LogP contribution in [0.1, 0.15) is 134 Å². The van der Waals surface area contributed by atoms with Gasteiger partial charge in [0.05, 0.1) is 31.0 Å². The van der Waals surface area contributed by atoms with Gasteiger partial charge in [0.1, 0.15) is 0 Å².